The summed E-state index contributed by atoms with van der Waals surface area (Å²) in [6, 6.07) is -1.05. The smallest absolute Gasteiger partial charge is 0.306 e. The second-order valence-electron chi connectivity index (χ2n) is 22.1. The van der Waals surface area contributed by atoms with E-state index in [1.807, 2.05) is 6.08 Å². The highest BCUT2D eigenvalue weighted by Crippen LogP contribution is 2.26. The van der Waals surface area contributed by atoms with E-state index in [1.54, 1.807) is 6.08 Å². The fourth-order valence-electron chi connectivity index (χ4n) is 9.51. The van der Waals surface area contributed by atoms with E-state index in [0.717, 1.165) is 116 Å². The first kappa shape index (κ1) is 75.3. The molecule has 0 aromatic rings. The van der Waals surface area contributed by atoms with E-state index in [9.17, 15) is 35.1 Å². The molecule has 0 spiro atoms. The molecule has 81 heavy (non-hydrogen) atoms. The summed E-state index contributed by atoms with van der Waals surface area (Å²) in [6.45, 7) is 5.62. The molecule has 11 heteroatoms. The zero-order valence-electron chi connectivity index (χ0n) is 51.4. The molecule has 8 unspecified atom stereocenters. The van der Waals surface area contributed by atoms with Gasteiger partial charge in [0.1, 0.15) is 24.4 Å². The first-order valence-corrected chi connectivity index (χ1v) is 32.7. The van der Waals surface area contributed by atoms with Crippen molar-refractivity contribution >= 4 is 11.9 Å². The third kappa shape index (κ3) is 44.5. The SMILES string of the molecule is CC/C=C\C/C=C\C/C=C\C/C=C\C/C=C\CCCCC(O)C(=O)NC(COC1OC(CO)C(O)C(O)C1OC(=O)CCCCCCCCCCCC/C=C\C/C=C\C/C=C\CCCCC)C(O)/C=C/CCCCCCCCCCC. The average molecular weight is 1130 g/mol. The molecule has 0 radical (unpaired) electrons. The van der Waals surface area contributed by atoms with Crippen LogP contribution in [0, 0.1) is 0 Å². The third-order valence-corrected chi connectivity index (χ3v) is 14.7. The van der Waals surface area contributed by atoms with Crippen molar-refractivity contribution in [2.75, 3.05) is 13.2 Å². The molecule has 1 amide bonds. The van der Waals surface area contributed by atoms with E-state index in [1.165, 1.54) is 96.3 Å². The van der Waals surface area contributed by atoms with Gasteiger partial charge in [-0.3, -0.25) is 9.59 Å². The Hall–Kier alpha value is -3.68. The lowest BCUT2D eigenvalue weighted by Crippen LogP contribution is -2.61. The minimum Gasteiger partial charge on any atom is -0.454 e. The van der Waals surface area contributed by atoms with E-state index in [4.69, 9.17) is 14.2 Å². The van der Waals surface area contributed by atoms with E-state index in [2.05, 4.69) is 123 Å². The Morgan fingerprint density at radius 1 is 0.494 bits per heavy atom. The van der Waals surface area contributed by atoms with E-state index >= 15 is 0 Å². The van der Waals surface area contributed by atoms with Gasteiger partial charge in [-0.2, -0.15) is 0 Å². The van der Waals surface area contributed by atoms with Crippen molar-refractivity contribution in [1.82, 2.24) is 5.32 Å². The molecule has 0 saturated carbocycles. The predicted octanol–water partition coefficient (Wildman–Crippen LogP) is 16.1. The van der Waals surface area contributed by atoms with Crippen LogP contribution in [-0.2, 0) is 23.8 Å². The molecule has 0 aromatic heterocycles. The van der Waals surface area contributed by atoms with Crippen LogP contribution in [0.2, 0.25) is 0 Å². The molecule has 1 saturated heterocycles. The number of carbonyl (C=O) groups is 2. The van der Waals surface area contributed by atoms with Crippen LogP contribution in [0.4, 0.5) is 0 Å². The Kier molecular flexibility index (Phi) is 52.8. The van der Waals surface area contributed by atoms with Crippen molar-refractivity contribution < 1.29 is 49.3 Å². The number of amides is 1. The normalized spacial score (nSPS) is 19.4. The number of hydrogen-bond donors (Lipinski definition) is 6. The summed E-state index contributed by atoms with van der Waals surface area (Å²) in [5.74, 6) is -1.24. The summed E-state index contributed by atoms with van der Waals surface area (Å²) in [5, 5.41) is 57.0. The molecular formula is C70H119NO10. The van der Waals surface area contributed by atoms with Gasteiger partial charge < -0.3 is 45.1 Å². The first-order chi connectivity index (χ1) is 39.7. The van der Waals surface area contributed by atoms with Crippen molar-refractivity contribution in [3.63, 3.8) is 0 Å². The van der Waals surface area contributed by atoms with E-state index < -0.39 is 67.4 Å². The van der Waals surface area contributed by atoms with Crippen LogP contribution < -0.4 is 5.32 Å². The van der Waals surface area contributed by atoms with Crippen LogP contribution in [-0.4, -0.2) is 99.6 Å². The van der Waals surface area contributed by atoms with Crippen molar-refractivity contribution in [3.05, 3.63) is 109 Å². The lowest BCUT2D eigenvalue weighted by Gasteiger charge is -2.41. The standard InChI is InChI=1S/C70H119NO10/c1-4-7-10-13-16-19-22-24-26-28-30-31-32-33-34-36-38-40-43-46-49-52-55-58-65(75)81-68-67(77)66(76)64(59-72)80-70(68)79-60-61(62(73)56-53-50-47-44-41-21-18-15-12-9-6-3)71-69(78)63(74)57-54-51-48-45-42-39-37-35-29-27-25-23-20-17-14-11-8-5-2/h8,11,16-17,19-20,24-27,30-31,35,37,42,45,53,56,61-64,66-68,70,72-74,76-77H,4-7,9-10,12-15,18,21-23,28-29,32-34,36,38-41,43-44,46-52,54-55,57-60H2,1-3H3,(H,71,78)/b11-8-,19-16-,20-17-,26-24-,27-25-,31-30-,37-35-,45-42-,56-53+. The summed E-state index contributed by atoms with van der Waals surface area (Å²) in [6.07, 6.45) is 67.0. The summed E-state index contributed by atoms with van der Waals surface area (Å²) in [7, 11) is 0. The van der Waals surface area contributed by atoms with Gasteiger partial charge in [0.2, 0.25) is 5.91 Å². The van der Waals surface area contributed by atoms with Gasteiger partial charge in [0.15, 0.2) is 12.4 Å². The third-order valence-electron chi connectivity index (χ3n) is 14.7. The molecular weight excluding hydrogens is 1010 g/mol. The lowest BCUT2D eigenvalue weighted by atomic mass is 9.99. The predicted molar refractivity (Wildman–Crippen MR) is 338 cm³/mol. The molecule has 0 aliphatic carbocycles. The summed E-state index contributed by atoms with van der Waals surface area (Å²) < 4.78 is 17.6. The summed E-state index contributed by atoms with van der Waals surface area (Å²) in [5.41, 5.74) is 0. The fraction of sp³-hybridized carbons (Fsp3) is 0.714. The van der Waals surface area contributed by atoms with Gasteiger partial charge >= 0.3 is 5.97 Å². The number of esters is 1. The maximum Gasteiger partial charge on any atom is 0.306 e. The fourth-order valence-corrected chi connectivity index (χ4v) is 9.51. The van der Waals surface area contributed by atoms with Gasteiger partial charge in [-0.15, -0.1) is 0 Å². The average Bonchev–Trinajstić information content (AvgIpc) is 3.51. The maximum atomic E-state index is 13.4. The van der Waals surface area contributed by atoms with Crippen LogP contribution in [0.1, 0.15) is 258 Å². The Labute approximate surface area is 494 Å². The first-order valence-electron chi connectivity index (χ1n) is 32.7. The number of rotatable bonds is 54. The Bertz CT molecular complexity index is 1730. The van der Waals surface area contributed by atoms with Crippen molar-refractivity contribution in [2.45, 2.75) is 307 Å². The highest BCUT2D eigenvalue weighted by Gasteiger charge is 2.47. The Balaban J connectivity index is 2.64. The van der Waals surface area contributed by atoms with Gasteiger partial charge in [0.25, 0.3) is 0 Å². The number of unbranched alkanes of at least 4 members (excludes halogenated alkanes) is 24. The van der Waals surface area contributed by atoms with E-state index in [-0.39, 0.29) is 19.4 Å². The Morgan fingerprint density at radius 2 is 0.889 bits per heavy atom. The van der Waals surface area contributed by atoms with Crippen molar-refractivity contribution in [3.8, 4) is 0 Å². The highest BCUT2D eigenvalue weighted by molar-refractivity contribution is 5.80. The minimum absolute atomic E-state index is 0.109. The minimum atomic E-state index is -1.63. The van der Waals surface area contributed by atoms with Crippen LogP contribution >= 0.6 is 0 Å². The molecule has 464 valence electrons. The van der Waals surface area contributed by atoms with Crippen LogP contribution in [0.25, 0.3) is 0 Å². The Morgan fingerprint density at radius 3 is 1.36 bits per heavy atom. The number of nitrogens with one attached hydrogen (secondary N) is 1. The van der Waals surface area contributed by atoms with Crippen LogP contribution in [0.3, 0.4) is 0 Å². The zero-order valence-corrected chi connectivity index (χ0v) is 51.4. The number of hydrogen-bond acceptors (Lipinski definition) is 10. The monoisotopic (exact) mass is 1130 g/mol. The molecule has 1 heterocycles. The molecule has 1 fully saturated rings. The lowest BCUT2D eigenvalue weighted by molar-refractivity contribution is -0.305. The molecule has 11 nitrogen and oxygen atoms in total. The van der Waals surface area contributed by atoms with Crippen molar-refractivity contribution in [2.24, 2.45) is 0 Å². The van der Waals surface area contributed by atoms with Gasteiger partial charge in [-0.1, -0.05) is 252 Å². The molecule has 8 atom stereocenters. The molecule has 0 aromatic carbocycles. The molecule has 1 aliphatic heterocycles. The topological polar surface area (TPSA) is 175 Å². The zero-order chi connectivity index (χ0) is 58.9. The van der Waals surface area contributed by atoms with Gasteiger partial charge in [0.05, 0.1) is 25.4 Å². The quantitative estimate of drug-likeness (QED) is 0.0195. The van der Waals surface area contributed by atoms with Crippen LogP contribution in [0.5, 0.6) is 0 Å². The number of ether oxygens (including phenoxy) is 3. The molecule has 6 N–H and O–H groups in total. The van der Waals surface area contributed by atoms with Crippen LogP contribution in [0.15, 0.2) is 109 Å². The summed E-state index contributed by atoms with van der Waals surface area (Å²) >= 11 is 0. The molecule has 1 aliphatic rings. The largest absolute Gasteiger partial charge is 0.454 e. The van der Waals surface area contributed by atoms with Gasteiger partial charge in [-0.25, -0.2) is 0 Å². The van der Waals surface area contributed by atoms with E-state index in [0.29, 0.717) is 12.8 Å². The van der Waals surface area contributed by atoms with Gasteiger partial charge in [-0.05, 0) is 109 Å². The maximum absolute atomic E-state index is 13.4. The molecule has 0 bridgehead atoms. The van der Waals surface area contributed by atoms with Gasteiger partial charge in [0, 0.05) is 6.42 Å². The number of aliphatic hydroxyl groups is 5. The number of aliphatic hydroxyl groups excluding tert-OH is 5. The van der Waals surface area contributed by atoms with Crippen molar-refractivity contribution in [1.29, 1.82) is 0 Å². The number of carbonyl (C=O) groups excluding carboxylic acids is 2. The number of allylic oxidation sites excluding steroid dienone is 17. The second kappa shape index (κ2) is 56.8. The molecule has 1 rings (SSSR count). The second-order valence-corrected chi connectivity index (χ2v) is 22.1. The summed E-state index contributed by atoms with van der Waals surface area (Å²) in [4.78, 5) is 26.6. The highest BCUT2D eigenvalue weighted by atomic mass is 16.7.